The summed E-state index contributed by atoms with van der Waals surface area (Å²) in [7, 11) is 1.39. The summed E-state index contributed by atoms with van der Waals surface area (Å²) in [5.74, 6) is -0.452. The van der Waals surface area contributed by atoms with Crippen molar-refractivity contribution in [2.75, 3.05) is 12.0 Å². The normalized spacial score (nSPS) is 16.0. The van der Waals surface area contributed by atoms with Gasteiger partial charge in [0.1, 0.15) is 0 Å². The Labute approximate surface area is 157 Å². The molecule has 0 spiro atoms. The molecule has 8 heteroatoms. The Bertz CT molecular complexity index is 896. The Balaban J connectivity index is 1.95. The van der Waals surface area contributed by atoms with Gasteiger partial charge in [0.25, 0.3) is 11.1 Å². The van der Waals surface area contributed by atoms with Gasteiger partial charge in [0.05, 0.1) is 22.7 Å². The lowest BCUT2D eigenvalue weighted by atomic mass is 10.1. The molecule has 0 unspecified atom stereocenters. The van der Waals surface area contributed by atoms with Gasteiger partial charge < -0.3 is 9.84 Å². The predicted molar refractivity (Wildman–Crippen MR) is 99.6 cm³/mol. The number of carbonyl (C=O) groups is 2. The second kappa shape index (κ2) is 7.00. The molecule has 3 rings (SSSR count). The highest BCUT2D eigenvalue weighted by molar-refractivity contribution is 8.19. The first-order valence-corrected chi connectivity index (χ1v) is 8.58. The number of phenols is 1. The molecule has 0 saturated carbocycles. The first-order chi connectivity index (χ1) is 11.9. The molecule has 2 aromatic rings. The van der Waals surface area contributed by atoms with Gasteiger partial charge in [-0.2, -0.15) is 0 Å². The third kappa shape index (κ3) is 3.46. The molecule has 0 bridgehead atoms. The predicted octanol–water partition coefficient (Wildman–Crippen LogP) is 4.95. The average Bonchev–Trinajstić information content (AvgIpc) is 2.85. The Morgan fingerprint density at radius 1 is 1.16 bits per heavy atom. The fourth-order valence-electron chi connectivity index (χ4n) is 2.26. The monoisotopic (exact) mass is 395 g/mol. The van der Waals surface area contributed by atoms with Gasteiger partial charge in [0, 0.05) is 5.02 Å². The topological polar surface area (TPSA) is 66.8 Å². The van der Waals surface area contributed by atoms with Crippen LogP contribution in [0, 0.1) is 0 Å². The summed E-state index contributed by atoms with van der Waals surface area (Å²) in [6, 6.07) is 9.42. The van der Waals surface area contributed by atoms with E-state index in [-0.39, 0.29) is 21.4 Å². The van der Waals surface area contributed by atoms with Crippen molar-refractivity contribution in [2.24, 2.45) is 0 Å². The second-order valence-corrected chi connectivity index (χ2v) is 6.88. The number of amides is 2. The van der Waals surface area contributed by atoms with E-state index < -0.39 is 11.1 Å². The highest BCUT2D eigenvalue weighted by Crippen LogP contribution is 2.39. The van der Waals surface area contributed by atoms with Gasteiger partial charge in [-0.1, -0.05) is 23.2 Å². The van der Waals surface area contributed by atoms with Gasteiger partial charge in [-0.25, -0.2) is 4.90 Å². The highest BCUT2D eigenvalue weighted by atomic mass is 35.5. The summed E-state index contributed by atoms with van der Waals surface area (Å²) in [5, 5.41) is 9.96. The van der Waals surface area contributed by atoms with Crippen molar-refractivity contribution < 1.29 is 19.4 Å². The van der Waals surface area contributed by atoms with E-state index in [9.17, 15) is 14.7 Å². The van der Waals surface area contributed by atoms with Gasteiger partial charge in [-0.05, 0) is 59.8 Å². The Hall–Kier alpha value is -2.15. The van der Waals surface area contributed by atoms with Crippen LogP contribution in [0.4, 0.5) is 10.5 Å². The van der Waals surface area contributed by atoms with E-state index in [4.69, 9.17) is 27.9 Å². The molecule has 1 heterocycles. The number of ether oxygens (including phenoxy) is 1. The number of benzene rings is 2. The van der Waals surface area contributed by atoms with Crippen LogP contribution in [0.1, 0.15) is 5.56 Å². The molecule has 0 radical (unpaired) electrons. The Morgan fingerprint density at radius 2 is 1.84 bits per heavy atom. The minimum atomic E-state index is -0.444. The molecule has 2 aromatic carbocycles. The third-order valence-electron chi connectivity index (χ3n) is 3.45. The van der Waals surface area contributed by atoms with Crippen molar-refractivity contribution in [3.8, 4) is 11.5 Å². The number of halogens is 2. The van der Waals surface area contributed by atoms with Crippen LogP contribution in [-0.4, -0.2) is 23.4 Å². The van der Waals surface area contributed by atoms with Crippen LogP contribution in [0.3, 0.4) is 0 Å². The highest BCUT2D eigenvalue weighted by Gasteiger charge is 2.36. The number of phenolic OH excluding ortho intramolecular Hbond substituents is 1. The van der Waals surface area contributed by atoms with Crippen LogP contribution < -0.4 is 9.64 Å². The number of hydrogen-bond acceptors (Lipinski definition) is 5. The molecule has 1 aliphatic rings. The van der Waals surface area contributed by atoms with Crippen LogP contribution in [-0.2, 0) is 4.79 Å². The summed E-state index contributed by atoms with van der Waals surface area (Å²) in [6.45, 7) is 0. The molecule has 25 heavy (non-hydrogen) atoms. The van der Waals surface area contributed by atoms with Gasteiger partial charge in [-0.3, -0.25) is 9.59 Å². The van der Waals surface area contributed by atoms with Crippen molar-refractivity contribution in [3.63, 3.8) is 0 Å². The number of imide groups is 1. The average molecular weight is 396 g/mol. The first kappa shape index (κ1) is 17.7. The maximum atomic E-state index is 12.6. The zero-order valence-corrected chi connectivity index (χ0v) is 15.2. The molecule has 0 aliphatic carbocycles. The zero-order valence-electron chi connectivity index (χ0n) is 12.8. The molecule has 0 aromatic heterocycles. The number of carbonyl (C=O) groups excluding carboxylic acids is 2. The lowest BCUT2D eigenvalue weighted by Crippen LogP contribution is -2.27. The lowest BCUT2D eigenvalue weighted by Gasteiger charge is -2.12. The molecule has 1 N–H and O–H groups in total. The van der Waals surface area contributed by atoms with Crippen LogP contribution in [0.5, 0.6) is 11.5 Å². The Kier molecular flexibility index (Phi) is 4.94. The van der Waals surface area contributed by atoms with Crippen LogP contribution in [0.25, 0.3) is 6.08 Å². The Morgan fingerprint density at radius 3 is 2.48 bits per heavy atom. The molecule has 1 saturated heterocycles. The van der Waals surface area contributed by atoms with E-state index in [1.54, 1.807) is 24.3 Å². The zero-order chi connectivity index (χ0) is 18.1. The molecule has 1 aliphatic heterocycles. The summed E-state index contributed by atoms with van der Waals surface area (Å²) >= 11 is 12.6. The van der Waals surface area contributed by atoms with E-state index in [0.717, 1.165) is 16.7 Å². The number of methoxy groups -OCH3 is 1. The summed E-state index contributed by atoms with van der Waals surface area (Å²) in [6.07, 6.45) is 1.52. The van der Waals surface area contributed by atoms with Crippen molar-refractivity contribution >= 4 is 57.9 Å². The van der Waals surface area contributed by atoms with Crippen LogP contribution in [0.2, 0.25) is 10.0 Å². The maximum absolute atomic E-state index is 12.6. The smallest absolute Gasteiger partial charge is 0.298 e. The molecule has 128 valence electrons. The van der Waals surface area contributed by atoms with E-state index in [2.05, 4.69) is 0 Å². The summed E-state index contributed by atoms with van der Waals surface area (Å²) < 4.78 is 5.04. The standard InChI is InChI=1S/C17H11Cl2NO4S/c1-24-13-7-9(6-12(19)15(13)21)8-14-16(22)20(17(23)25-14)11-4-2-10(18)3-5-11/h2-8,21H,1H3. The summed E-state index contributed by atoms with van der Waals surface area (Å²) in [5.41, 5.74) is 0.970. The number of rotatable bonds is 3. The minimum absolute atomic E-state index is 0.0857. The quantitative estimate of drug-likeness (QED) is 0.744. The van der Waals surface area contributed by atoms with Crippen molar-refractivity contribution in [2.45, 2.75) is 0 Å². The van der Waals surface area contributed by atoms with Crippen molar-refractivity contribution in [3.05, 3.63) is 56.9 Å². The number of nitrogens with zero attached hydrogens (tertiary/aromatic N) is 1. The number of hydrogen-bond donors (Lipinski definition) is 1. The molecular weight excluding hydrogens is 385 g/mol. The van der Waals surface area contributed by atoms with Crippen molar-refractivity contribution in [1.82, 2.24) is 0 Å². The number of aromatic hydroxyl groups is 1. The van der Waals surface area contributed by atoms with Crippen LogP contribution in [0.15, 0.2) is 41.3 Å². The maximum Gasteiger partial charge on any atom is 0.298 e. The third-order valence-corrected chi connectivity index (χ3v) is 4.86. The minimum Gasteiger partial charge on any atom is -0.503 e. The molecule has 2 amide bonds. The van der Waals surface area contributed by atoms with Crippen LogP contribution >= 0.6 is 35.0 Å². The van der Waals surface area contributed by atoms with E-state index in [0.29, 0.717) is 16.3 Å². The molecule has 1 fully saturated rings. The van der Waals surface area contributed by atoms with E-state index in [1.807, 2.05) is 0 Å². The van der Waals surface area contributed by atoms with Gasteiger partial charge in [0.15, 0.2) is 11.5 Å². The molecule has 0 atom stereocenters. The van der Waals surface area contributed by atoms with E-state index >= 15 is 0 Å². The van der Waals surface area contributed by atoms with Gasteiger partial charge >= 0.3 is 0 Å². The number of anilines is 1. The van der Waals surface area contributed by atoms with Crippen molar-refractivity contribution in [1.29, 1.82) is 0 Å². The lowest BCUT2D eigenvalue weighted by molar-refractivity contribution is -0.113. The largest absolute Gasteiger partial charge is 0.503 e. The van der Waals surface area contributed by atoms with Gasteiger partial charge in [0.2, 0.25) is 0 Å². The fraction of sp³-hybridized carbons (Fsp3) is 0.0588. The molecule has 5 nitrogen and oxygen atoms in total. The molecular formula is C17H11Cl2NO4S. The van der Waals surface area contributed by atoms with Gasteiger partial charge in [-0.15, -0.1) is 0 Å². The fourth-order valence-corrected chi connectivity index (χ4v) is 3.45. The second-order valence-electron chi connectivity index (χ2n) is 5.05. The summed E-state index contributed by atoms with van der Waals surface area (Å²) in [4.78, 5) is 26.1. The SMILES string of the molecule is COc1cc(C=C2SC(=O)N(c3ccc(Cl)cc3)C2=O)cc(Cl)c1O. The van der Waals surface area contributed by atoms with E-state index in [1.165, 1.54) is 25.3 Å². The number of thioether (sulfide) groups is 1. The first-order valence-electron chi connectivity index (χ1n) is 7.00.